The quantitative estimate of drug-likeness (QED) is 0.687. The lowest BCUT2D eigenvalue weighted by molar-refractivity contribution is -0.387. The second-order valence-electron chi connectivity index (χ2n) is 4.08. The molecule has 0 aliphatic carbocycles. The van der Waals surface area contributed by atoms with Crippen molar-refractivity contribution in [2.75, 3.05) is 5.32 Å². The number of nitrogens with one attached hydrogen (secondary N) is 1. The molecule has 0 saturated heterocycles. The van der Waals surface area contributed by atoms with Crippen LogP contribution in [0.4, 0.5) is 15.8 Å². The molecule has 2 aromatic rings. The van der Waals surface area contributed by atoms with Gasteiger partial charge in [-0.05, 0) is 26.0 Å². The summed E-state index contributed by atoms with van der Waals surface area (Å²) in [6.07, 6.45) is 0. The fraction of sp³-hybridized carbons (Fsp3) is 0.167. The number of nitro benzene ring substituents is 1. The summed E-state index contributed by atoms with van der Waals surface area (Å²) in [4.78, 5) is 21.8. The first-order valence-electron chi connectivity index (χ1n) is 5.58. The van der Waals surface area contributed by atoms with Gasteiger partial charge in [0.15, 0.2) is 0 Å². The first-order valence-corrected chi connectivity index (χ1v) is 5.58. The van der Waals surface area contributed by atoms with E-state index in [1.807, 2.05) is 0 Å². The van der Waals surface area contributed by atoms with Gasteiger partial charge in [0.2, 0.25) is 5.82 Å². The van der Waals surface area contributed by atoms with Crippen LogP contribution in [0.5, 0.6) is 0 Å². The molecule has 0 saturated carbocycles. The fourth-order valence-corrected chi connectivity index (χ4v) is 1.73. The van der Waals surface area contributed by atoms with E-state index >= 15 is 0 Å². The Bertz CT molecular complexity index is 677. The van der Waals surface area contributed by atoms with E-state index in [2.05, 4.69) is 10.5 Å². The molecule has 0 spiro atoms. The minimum atomic E-state index is -0.967. The van der Waals surface area contributed by atoms with Gasteiger partial charge in [0, 0.05) is 11.8 Å². The molecule has 2 rings (SSSR count). The van der Waals surface area contributed by atoms with Crippen molar-refractivity contribution in [2.24, 2.45) is 0 Å². The molecule has 0 aliphatic rings. The number of nitrogens with zero attached hydrogens (tertiary/aromatic N) is 2. The van der Waals surface area contributed by atoms with Crippen LogP contribution in [0.15, 0.2) is 22.7 Å². The van der Waals surface area contributed by atoms with E-state index in [1.54, 1.807) is 13.8 Å². The SMILES string of the molecule is Cc1noc(C)c1C(=O)Nc1ccc(F)c([N+](=O)[O-])c1. The predicted molar refractivity (Wildman–Crippen MR) is 67.0 cm³/mol. The van der Waals surface area contributed by atoms with Crippen molar-refractivity contribution < 1.29 is 18.6 Å². The average Bonchev–Trinajstić information content (AvgIpc) is 2.71. The van der Waals surface area contributed by atoms with Gasteiger partial charge in [0.05, 0.1) is 10.6 Å². The predicted octanol–water partition coefficient (Wildman–Crippen LogP) is 2.59. The number of anilines is 1. The highest BCUT2D eigenvalue weighted by molar-refractivity contribution is 6.05. The van der Waals surface area contributed by atoms with Crippen LogP contribution in [0.2, 0.25) is 0 Å². The number of aromatic nitrogens is 1. The molecule has 1 aromatic heterocycles. The van der Waals surface area contributed by atoms with Crippen LogP contribution < -0.4 is 5.32 Å². The molecular formula is C12H10FN3O4. The van der Waals surface area contributed by atoms with Gasteiger partial charge in [-0.15, -0.1) is 0 Å². The maximum Gasteiger partial charge on any atom is 0.306 e. The van der Waals surface area contributed by atoms with Gasteiger partial charge in [-0.25, -0.2) is 0 Å². The molecule has 0 atom stereocenters. The van der Waals surface area contributed by atoms with Crippen molar-refractivity contribution in [1.29, 1.82) is 0 Å². The summed E-state index contributed by atoms with van der Waals surface area (Å²) in [5.74, 6) is -1.16. The van der Waals surface area contributed by atoms with E-state index in [-0.39, 0.29) is 11.3 Å². The Morgan fingerprint density at radius 1 is 1.45 bits per heavy atom. The lowest BCUT2D eigenvalue weighted by atomic mass is 10.2. The molecule has 7 nitrogen and oxygen atoms in total. The van der Waals surface area contributed by atoms with Gasteiger partial charge < -0.3 is 9.84 Å². The molecule has 1 N–H and O–H groups in total. The average molecular weight is 279 g/mol. The smallest absolute Gasteiger partial charge is 0.306 e. The number of hydrogen-bond acceptors (Lipinski definition) is 5. The summed E-state index contributed by atoms with van der Waals surface area (Å²) in [7, 11) is 0. The van der Waals surface area contributed by atoms with Gasteiger partial charge in [-0.1, -0.05) is 5.16 Å². The Morgan fingerprint density at radius 2 is 2.15 bits per heavy atom. The largest absolute Gasteiger partial charge is 0.361 e. The number of halogens is 1. The Hall–Kier alpha value is -2.77. The second-order valence-corrected chi connectivity index (χ2v) is 4.08. The number of carbonyl (C=O) groups excluding carboxylic acids is 1. The van der Waals surface area contributed by atoms with Crippen LogP contribution >= 0.6 is 0 Å². The number of rotatable bonds is 3. The maximum absolute atomic E-state index is 13.2. The zero-order valence-electron chi connectivity index (χ0n) is 10.6. The minimum Gasteiger partial charge on any atom is -0.361 e. The Balaban J connectivity index is 2.29. The topological polar surface area (TPSA) is 98.3 Å². The first kappa shape index (κ1) is 13.7. The van der Waals surface area contributed by atoms with Crippen molar-refractivity contribution in [1.82, 2.24) is 5.16 Å². The molecule has 8 heteroatoms. The van der Waals surface area contributed by atoms with Gasteiger partial charge in [-0.3, -0.25) is 14.9 Å². The molecule has 1 aromatic carbocycles. The molecular weight excluding hydrogens is 269 g/mol. The highest BCUT2D eigenvalue weighted by atomic mass is 19.1. The molecule has 1 heterocycles. The third-order valence-corrected chi connectivity index (χ3v) is 2.66. The highest BCUT2D eigenvalue weighted by Gasteiger charge is 2.19. The van der Waals surface area contributed by atoms with Crippen LogP contribution in [0.25, 0.3) is 0 Å². The summed E-state index contributed by atoms with van der Waals surface area (Å²) >= 11 is 0. The molecule has 0 aliphatic heterocycles. The van der Waals surface area contributed by atoms with Crippen LogP contribution in [0, 0.1) is 29.8 Å². The number of amides is 1. The van der Waals surface area contributed by atoms with Gasteiger partial charge >= 0.3 is 5.69 Å². The molecule has 0 unspecified atom stereocenters. The van der Waals surface area contributed by atoms with Crippen molar-refractivity contribution in [3.63, 3.8) is 0 Å². The van der Waals surface area contributed by atoms with Gasteiger partial charge in [0.25, 0.3) is 5.91 Å². The molecule has 0 fully saturated rings. The van der Waals surface area contributed by atoms with Crippen molar-refractivity contribution >= 4 is 17.3 Å². The number of benzene rings is 1. The Morgan fingerprint density at radius 3 is 2.70 bits per heavy atom. The van der Waals surface area contributed by atoms with E-state index in [9.17, 15) is 19.3 Å². The monoisotopic (exact) mass is 279 g/mol. The lowest BCUT2D eigenvalue weighted by Gasteiger charge is -2.04. The first-order chi connectivity index (χ1) is 9.40. The van der Waals surface area contributed by atoms with Crippen LogP contribution in [-0.2, 0) is 0 Å². The standard InChI is InChI=1S/C12H10FN3O4/c1-6-11(7(2)20-15-6)12(17)14-8-3-4-9(13)10(5-8)16(18)19/h3-5H,1-2H3,(H,14,17). The van der Waals surface area contributed by atoms with Crippen LogP contribution in [0.1, 0.15) is 21.8 Å². The van der Waals surface area contributed by atoms with Gasteiger partial charge in [0.1, 0.15) is 11.3 Å². The van der Waals surface area contributed by atoms with E-state index in [0.717, 1.165) is 12.1 Å². The molecule has 0 bridgehead atoms. The molecule has 0 radical (unpaired) electrons. The number of nitro groups is 1. The van der Waals surface area contributed by atoms with Gasteiger partial charge in [-0.2, -0.15) is 4.39 Å². The van der Waals surface area contributed by atoms with E-state index < -0.39 is 22.3 Å². The summed E-state index contributed by atoms with van der Waals surface area (Å²) in [5.41, 5.74) is 0.0539. The van der Waals surface area contributed by atoms with Crippen molar-refractivity contribution in [3.8, 4) is 0 Å². The van der Waals surface area contributed by atoms with Crippen LogP contribution in [-0.4, -0.2) is 16.0 Å². The Labute approximate surface area is 112 Å². The molecule has 1 amide bonds. The highest BCUT2D eigenvalue weighted by Crippen LogP contribution is 2.22. The van der Waals surface area contributed by atoms with E-state index in [1.165, 1.54) is 6.07 Å². The number of aryl methyl sites for hydroxylation is 2. The zero-order valence-corrected chi connectivity index (χ0v) is 10.6. The molecule has 104 valence electrons. The second kappa shape index (κ2) is 5.08. The summed E-state index contributed by atoms with van der Waals surface area (Å²) in [6, 6.07) is 3.10. The lowest BCUT2D eigenvalue weighted by Crippen LogP contribution is -2.13. The normalized spacial score (nSPS) is 10.3. The molecule has 20 heavy (non-hydrogen) atoms. The Kier molecular flexibility index (Phi) is 3.47. The third-order valence-electron chi connectivity index (χ3n) is 2.66. The summed E-state index contributed by atoms with van der Waals surface area (Å²) in [6.45, 7) is 3.17. The van der Waals surface area contributed by atoms with Crippen molar-refractivity contribution in [2.45, 2.75) is 13.8 Å². The number of carbonyl (C=O) groups is 1. The maximum atomic E-state index is 13.2. The van der Waals surface area contributed by atoms with E-state index in [4.69, 9.17) is 4.52 Å². The fourth-order valence-electron chi connectivity index (χ4n) is 1.73. The van der Waals surface area contributed by atoms with E-state index in [0.29, 0.717) is 11.5 Å². The number of hydrogen-bond donors (Lipinski definition) is 1. The summed E-state index contributed by atoms with van der Waals surface area (Å²) in [5, 5.41) is 16.7. The van der Waals surface area contributed by atoms with Crippen molar-refractivity contribution in [3.05, 3.63) is 51.1 Å². The third kappa shape index (κ3) is 2.48. The summed E-state index contributed by atoms with van der Waals surface area (Å²) < 4.78 is 18.0. The minimum absolute atomic E-state index is 0.114. The van der Waals surface area contributed by atoms with Crippen LogP contribution in [0.3, 0.4) is 0 Å². The zero-order chi connectivity index (χ0) is 14.9.